The maximum atomic E-state index is 14.2. The number of aliphatic hydroxyl groups is 1. The Morgan fingerprint density at radius 1 is 1.04 bits per heavy atom. The number of para-hydroxylation sites is 1. The van der Waals surface area contributed by atoms with Gasteiger partial charge in [0.25, 0.3) is 5.91 Å². The summed E-state index contributed by atoms with van der Waals surface area (Å²) in [5.41, 5.74) is 1.38. The zero-order valence-electron chi connectivity index (χ0n) is 25.0. The van der Waals surface area contributed by atoms with E-state index in [1.165, 1.54) is 23.3 Å². The van der Waals surface area contributed by atoms with Crippen LogP contribution >= 0.6 is 22.9 Å². The largest absolute Gasteiger partial charge is 0.503 e. The molecule has 1 atom stereocenters. The van der Waals surface area contributed by atoms with E-state index in [4.69, 9.17) is 30.2 Å². The fourth-order valence-electron chi connectivity index (χ4n) is 5.40. The van der Waals surface area contributed by atoms with Gasteiger partial charge >= 0.3 is 0 Å². The Hall–Kier alpha value is -4.54. The van der Waals surface area contributed by atoms with Gasteiger partial charge in [-0.3, -0.25) is 14.5 Å². The summed E-state index contributed by atoms with van der Waals surface area (Å²) in [5.74, 6) is -0.683. The Morgan fingerprint density at radius 3 is 2.67 bits per heavy atom. The Balaban J connectivity index is 1.47. The highest BCUT2D eigenvalue weighted by Gasteiger charge is 2.47. The number of amides is 1. The minimum absolute atomic E-state index is 0.0484. The fourth-order valence-corrected chi connectivity index (χ4v) is 6.67. The number of carbonyl (C=O) groups excluding carboxylic acids is 2. The number of fused-ring (bicyclic) bond motifs is 2. The number of hydrogen-bond donors (Lipinski definition) is 1. The zero-order valence-corrected chi connectivity index (χ0v) is 26.5. The van der Waals surface area contributed by atoms with E-state index < -0.39 is 23.5 Å². The van der Waals surface area contributed by atoms with E-state index in [1.54, 1.807) is 60.7 Å². The predicted molar refractivity (Wildman–Crippen MR) is 174 cm³/mol. The Labute approximate surface area is 268 Å². The third kappa shape index (κ3) is 5.71. The van der Waals surface area contributed by atoms with Gasteiger partial charge in [0.05, 0.1) is 42.2 Å². The Morgan fingerprint density at radius 2 is 1.89 bits per heavy atom. The number of unbranched alkanes of at least 4 members (excludes halogenated alkanes) is 2. The van der Waals surface area contributed by atoms with Crippen molar-refractivity contribution in [2.24, 2.45) is 0 Å². The number of Topliss-reactive ketones (excluding diaryl/α,β-unsaturated/α-hetero) is 1. The molecule has 3 heterocycles. The van der Waals surface area contributed by atoms with Crippen LogP contribution in [0.5, 0.6) is 17.2 Å². The molecule has 2 aromatic heterocycles. The van der Waals surface area contributed by atoms with Gasteiger partial charge in [-0.1, -0.05) is 60.9 Å². The first-order valence-electron chi connectivity index (χ1n) is 14.7. The third-order valence-corrected chi connectivity index (χ3v) is 8.79. The molecule has 0 aliphatic carbocycles. The molecular weight excluding hydrogens is 616 g/mol. The maximum Gasteiger partial charge on any atom is 0.296 e. The van der Waals surface area contributed by atoms with Crippen molar-refractivity contribution in [1.82, 2.24) is 4.98 Å². The van der Waals surface area contributed by atoms with Crippen molar-refractivity contribution >= 4 is 60.9 Å². The van der Waals surface area contributed by atoms with Gasteiger partial charge in [0, 0.05) is 10.4 Å². The molecule has 1 aliphatic heterocycles. The minimum atomic E-state index is -1.05. The summed E-state index contributed by atoms with van der Waals surface area (Å²) in [7, 11) is 1.51. The number of aliphatic hydroxyl groups excluding tert-OH is 1. The van der Waals surface area contributed by atoms with Crippen LogP contribution in [0.3, 0.4) is 0 Å². The van der Waals surface area contributed by atoms with Crippen molar-refractivity contribution in [1.29, 1.82) is 0 Å². The van der Waals surface area contributed by atoms with Crippen LogP contribution in [0.15, 0.2) is 76.4 Å². The minimum Gasteiger partial charge on any atom is -0.503 e. The summed E-state index contributed by atoms with van der Waals surface area (Å²) >= 11 is 7.46. The summed E-state index contributed by atoms with van der Waals surface area (Å²) in [5, 5.41) is 12.8. The number of hydrogen-bond acceptors (Lipinski definition) is 9. The molecule has 5 aromatic rings. The molecule has 0 spiro atoms. The molecule has 0 saturated heterocycles. The van der Waals surface area contributed by atoms with E-state index in [0.717, 1.165) is 24.0 Å². The van der Waals surface area contributed by atoms with Crippen molar-refractivity contribution in [2.45, 2.75) is 39.2 Å². The standard InChI is InChI=1S/C34H31ClN2O7S/c1-4-6-7-15-43-23-14-11-19(16-25(23)42-5-2)29-28(30(38)26-17-20-9-8-10-24(41-3)32(20)44-26)31(39)33(40)37(29)34-36-22-13-12-21(35)18-27(22)45-34/h8-14,16-18,29,39H,4-7,15H2,1-3H3. The lowest BCUT2D eigenvalue weighted by Crippen LogP contribution is -2.31. The normalized spacial score (nSPS) is 15.0. The molecule has 9 nitrogen and oxygen atoms in total. The molecule has 45 heavy (non-hydrogen) atoms. The number of ether oxygens (including phenoxy) is 3. The van der Waals surface area contributed by atoms with Crippen LogP contribution in [-0.4, -0.2) is 42.1 Å². The van der Waals surface area contributed by atoms with Crippen molar-refractivity contribution in [3.8, 4) is 17.2 Å². The smallest absolute Gasteiger partial charge is 0.296 e. The third-order valence-electron chi connectivity index (χ3n) is 7.54. The molecule has 11 heteroatoms. The van der Waals surface area contributed by atoms with Gasteiger partial charge in [-0.15, -0.1) is 0 Å². The second-order valence-corrected chi connectivity index (χ2v) is 11.9. The molecular formula is C34H31ClN2O7S. The van der Waals surface area contributed by atoms with Crippen LogP contribution in [0.1, 0.15) is 55.3 Å². The average Bonchev–Trinajstić information content (AvgIpc) is 3.73. The van der Waals surface area contributed by atoms with Crippen molar-refractivity contribution < 1.29 is 33.3 Å². The van der Waals surface area contributed by atoms with Gasteiger partial charge in [0.15, 0.2) is 39.5 Å². The highest BCUT2D eigenvalue weighted by molar-refractivity contribution is 7.22. The number of aromatic nitrogens is 1. The lowest BCUT2D eigenvalue weighted by Gasteiger charge is -2.25. The van der Waals surface area contributed by atoms with Gasteiger partial charge in [-0.05, 0) is 61.4 Å². The number of halogens is 1. The zero-order chi connectivity index (χ0) is 31.7. The number of carbonyl (C=O) groups is 2. The molecule has 0 bridgehead atoms. The summed E-state index contributed by atoms with van der Waals surface area (Å²) < 4.78 is 24.1. The lowest BCUT2D eigenvalue weighted by molar-refractivity contribution is -0.117. The first kappa shape index (κ1) is 30.5. The van der Waals surface area contributed by atoms with E-state index in [2.05, 4.69) is 11.9 Å². The average molecular weight is 647 g/mol. The first-order valence-corrected chi connectivity index (χ1v) is 15.9. The number of furan rings is 1. The van der Waals surface area contributed by atoms with Crippen LogP contribution in [-0.2, 0) is 4.79 Å². The van der Waals surface area contributed by atoms with Crippen LogP contribution in [0.2, 0.25) is 5.02 Å². The number of nitrogens with zero attached hydrogens (tertiary/aromatic N) is 2. The number of anilines is 1. The second kappa shape index (κ2) is 12.8. The molecule has 0 saturated carbocycles. The quantitative estimate of drug-likeness (QED) is 0.106. The van der Waals surface area contributed by atoms with Crippen LogP contribution in [0.25, 0.3) is 21.2 Å². The van der Waals surface area contributed by atoms with Gasteiger partial charge in [-0.2, -0.15) is 0 Å². The summed E-state index contributed by atoms with van der Waals surface area (Å²) in [6.45, 7) is 4.88. The van der Waals surface area contributed by atoms with Gasteiger partial charge in [-0.25, -0.2) is 4.98 Å². The number of methoxy groups -OCH3 is 1. The molecule has 1 N–H and O–H groups in total. The number of rotatable bonds is 12. The molecule has 1 amide bonds. The topological polar surface area (TPSA) is 111 Å². The molecule has 1 aliphatic rings. The molecule has 1 unspecified atom stereocenters. The second-order valence-electron chi connectivity index (χ2n) is 10.5. The molecule has 6 rings (SSSR count). The van der Waals surface area contributed by atoms with Crippen LogP contribution in [0, 0.1) is 0 Å². The highest BCUT2D eigenvalue weighted by atomic mass is 35.5. The van der Waals surface area contributed by atoms with E-state index in [-0.39, 0.29) is 11.3 Å². The van der Waals surface area contributed by atoms with Crippen molar-refractivity contribution in [2.75, 3.05) is 25.2 Å². The highest BCUT2D eigenvalue weighted by Crippen LogP contribution is 2.46. The maximum absolute atomic E-state index is 14.2. The molecule has 232 valence electrons. The Kier molecular flexibility index (Phi) is 8.69. The van der Waals surface area contributed by atoms with E-state index >= 15 is 0 Å². The lowest BCUT2D eigenvalue weighted by atomic mass is 9.95. The number of ketones is 1. The van der Waals surface area contributed by atoms with Gasteiger partial charge in [0.1, 0.15) is 0 Å². The predicted octanol–water partition coefficient (Wildman–Crippen LogP) is 8.46. The number of thiazole rings is 1. The summed E-state index contributed by atoms with van der Waals surface area (Å²) in [6.07, 6.45) is 3.00. The Bertz CT molecular complexity index is 1950. The summed E-state index contributed by atoms with van der Waals surface area (Å²) in [4.78, 5) is 34.0. The fraction of sp³-hybridized carbons (Fsp3) is 0.265. The summed E-state index contributed by atoms with van der Waals surface area (Å²) in [6, 6.07) is 16.3. The first-order chi connectivity index (χ1) is 21.8. The molecule has 0 radical (unpaired) electrons. The van der Waals surface area contributed by atoms with Gasteiger partial charge < -0.3 is 23.7 Å². The number of benzene rings is 3. The SMILES string of the molecule is CCCCCOc1ccc(C2C(C(=O)c3cc4cccc(OC)c4o3)=C(O)C(=O)N2c2nc3ccc(Cl)cc3s2)cc1OCC. The van der Waals surface area contributed by atoms with E-state index in [9.17, 15) is 14.7 Å². The van der Waals surface area contributed by atoms with Gasteiger partial charge in [0.2, 0.25) is 5.78 Å². The van der Waals surface area contributed by atoms with Crippen molar-refractivity contribution in [3.63, 3.8) is 0 Å². The molecule has 3 aromatic carbocycles. The van der Waals surface area contributed by atoms with Crippen molar-refractivity contribution in [3.05, 3.63) is 88.3 Å². The van der Waals surface area contributed by atoms with Crippen LogP contribution in [0.4, 0.5) is 5.13 Å². The van der Waals surface area contributed by atoms with E-state index in [0.29, 0.717) is 62.7 Å². The van der Waals surface area contributed by atoms with E-state index in [1.807, 2.05) is 6.92 Å². The van der Waals surface area contributed by atoms with Crippen LogP contribution < -0.4 is 19.1 Å². The monoisotopic (exact) mass is 646 g/mol. The molecule has 0 fully saturated rings.